The summed E-state index contributed by atoms with van der Waals surface area (Å²) in [6.07, 6.45) is 4.69. The summed E-state index contributed by atoms with van der Waals surface area (Å²) in [5.41, 5.74) is 5.46. The molecule has 222 valence electrons. The Hall–Kier alpha value is -4.53. The van der Waals surface area contributed by atoms with Crippen molar-refractivity contribution in [1.29, 1.82) is 0 Å². The molecule has 1 aliphatic carbocycles. The number of aromatic nitrogens is 6. The first-order valence-corrected chi connectivity index (χ1v) is 15.2. The van der Waals surface area contributed by atoms with Gasteiger partial charge in [0.05, 0.1) is 24.1 Å². The van der Waals surface area contributed by atoms with E-state index in [-0.39, 0.29) is 12.5 Å². The van der Waals surface area contributed by atoms with Crippen LogP contribution in [-0.4, -0.2) is 42.1 Å². The van der Waals surface area contributed by atoms with Crippen LogP contribution in [0.5, 0.6) is 0 Å². The maximum Gasteiger partial charge on any atom is 0.251 e. The topological polar surface area (TPSA) is 105 Å². The van der Waals surface area contributed by atoms with Gasteiger partial charge in [-0.05, 0) is 72.4 Å². The molecule has 1 fully saturated rings. The number of carbonyl (C=O) groups excluding carboxylic acids is 1. The Bertz CT molecular complexity index is 1630. The normalized spacial score (nSPS) is 17.2. The fourth-order valence-electron chi connectivity index (χ4n) is 6.30. The third-order valence-corrected chi connectivity index (χ3v) is 8.80. The number of hydrogen-bond acceptors (Lipinski definition) is 6. The van der Waals surface area contributed by atoms with Crippen molar-refractivity contribution in [3.63, 3.8) is 0 Å². The van der Waals surface area contributed by atoms with E-state index in [9.17, 15) is 4.79 Å². The number of para-hydroxylation sites is 2. The second-order valence-corrected chi connectivity index (χ2v) is 12.7. The second-order valence-electron chi connectivity index (χ2n) is 12.7. The number of H-pyrrole nitrogens is 1. The van der Waals surface area contributed by atoms with Gasteiger partial charge in [0, 0.05) is 18.2 Å². The van der Waals surface area contributed by atoms with Gasteiger partial charge >= 0.3 is 0 Å². The molecule has 0 spiro atoms. The Morgan fingerprint density at radius 1 is 0.930 bits per heavy atom. The van der Waals surface area contributed by atoms with Crippen LogP contribution < -0.4 is 10.2 Å². The van der Waals surface area contributed by atoms with E-state index in [4.69, 9.17) is 4.98 Å². The van der Waals surface area contributed by atoms with Crippen molar-refractivity contribution < 1.29 is 4.79 Å². The SMILES string of the molecule is CC(C)(C)C1CCC(N(Cc2ccc(C(=O)NCc3nn[nH]n3)cc2)c2nc3ccccc3n2Cc2ccccc2)CC1. The summed E-state index contributed by atoms with van der Waals surface area (Å²) in [6.45, 7) is 8.80. The van der Waals surface area contributed by atoms with E-state index in [1.807, 2.05) is 12.1 Å². The molecule has 3 aromatic carbocycles. The van der Waals surface area contributed by atoms with E-state index in [0.29, 0.717) is 29.4 Å². The average Bonchev–Trinajstić information content (AvgIpc) is 3.67. The molecule has 0 atom stereocenters. The van der Waals surface area contributed by atoms with E-state index < -0.39 is 0 Å². The van der Waals surface area contributed by atoms with E-state index in [0.717, 1.165) is 47.8 Å². The number of benzene rings is 3. The summed E-state index contributed by atoms with van der Waals surface area (Å²) in [6, 6.07) is 27.3. The fourth-order valence-corrected chi connectivity index (χ4v) is 6.30. The highest BCUT2D eigenvalue weighted by molar-refractivity contribution is 5.94. The molecule has 0 bridgehead atoms. The lowest BCUT2D eigenvalue weighted by Crippen LogP contribution is -2.41. The van der Waals surface area contributed by atoms with Gasteiger partial charge in [-0.15, -0.1) is 10.2 Å². The zero-order valence-electron chi connectivity index (χ0n) is 25.2. The summed E-state index contributed by atoms with van der Waals surface area (Å²) in [4.78, 5) is 20.5. The van der Waals surface area contributed by atoms with Gasteiger partial charge in [0.1, 0.15) is 0 Å². The van der Waals surface area contributed by atoms with Gasteiger partial charge in [-0.25, -0.2) is 4.98 Å². The number of carbonyl (C=O) groups is 1. The molecule has 1 saturated carbocycles. The Morgan fingerprint density at radius 2 is 1.65 bits per heavy atom. The number of nitrogens with one attached hydrogen (secondary N) is 2. The zero-order valence-corrected chi connectivity index (χ0v) is 25.2. The largest absolute Gasteiger partial charge is 0.345 e. The molecule has 0 radical (unpaired) electrons. The average molecular weight is 577 g/mol. The molecule has 0 aliphatic heterocycles. The molecule has 9 nitrogen and oxygen atoms in total. The number of tetrazole rings is 1. The van der Waals surface area contributed by atoms with Crippen molar-refractivity contribution in [3.05, 3.63) is 101 Å². The van der Waals surface area contributed by atoms with E-state index >= 15 is 0 Å². The maximum atomic E-state index is 12.8. The van der Waals surface area contributed by atoms with E-state index in [1.54, 1.807) is 0 Å². The van der Waals surface area contributed by atoms with Gasteiger partial charge < -0.3 is 14.8 Å². The van der Waals surface area contributed by atoms with Crippen LogP contribution in [0.1, 0.15) is 73.8 Å². The number of imidazole rings is 1. The molecular formula is C34H40N8O. The third kappa shape index (κ3) is 6.61. The van der Waals surface area contributed by atoms with Crippen LogP contribution in [0, 0.1) is 11.3 Å². The molecule has 1 amide bonds. The number of fused-ring (bicyclic) bond motifs is 1. The van der Waals surface area contributed by atoms with Gasteiger partial charge in [0.2, 0.25) is 5.95 Å². The summed E-state index contributed by atoms with van der Waals surface area (Å²) in [5.74, 6) is 2.00. The predicted octanol–water partition coefficient (Wildman–Crippen LogP) is 6.14. The van der Waals surface area contributed by atoms with Crippen LogP contribution in [0.4, 0.5) is 5.95 Å². The summed E-state index contributed by atoms with van der Waals surface area (Å²) >= 11 is 0. The molecule has 0 saturated heterocycles. The highest BCUT2D eigenvalue weighted by atomic mass is 16.1. The molecule has 43 heavy (non-hydrogen) atoms. The standard InChI is InChI=1S/C34H40N8O/c1-34(2,3)27-17-19-28(20-18-27)41(22-25-13-15-26(16-14-25)32(43)35-21-31-37-39-40-38-31)33-36-29-11-7-8-12-30(29)42(33)23-24-9-5-4-6-10-24/h4-16,27-28H,17-23H2,1-3H3,(H,35,43)(H,37,38,39,40). The number of anilines is 1. The molecule has 2 aromatic heterocycles. The minimum atomic E-state index is -0.168. The van der Waals surface area contributed by atoms with Gasteiger partial charge in [-0.2, -0.15) is 5.21 Å². The van der Waals surface area contributed by atoms with Gasteiger partial charge in [0.15, 0.2) is 5.82 Å². The molecule has 5 aromatic rings. The quantitative estimate of drug-likeness (QED) is 0.218. The lowest BCUT2D eigenvalue weighted by molar-refractivity contribution is 0.0950. The van der Waals surface area contributed by atoms with Crippen LogP contribution in [0.3, 0.4) is 0 Å². The van der Waals surface area contributed by atoms with Crippen molar-refractivity contribution in [2.45, 2.75) is 72.1 Å². The van der Waals surface area contributed by atoms with Crippen molar-refractivity contribution >= 4 is 22.9 Å². The fraction of sp³-hybridized carbons (Fsp3) is 0.382. The number of aromatic amines is 1. The van der Waals surface area contributed by atoms with Crippen molar-refractivity contribution in [3.8, 4) is 0 Å². The molecule has 1 aliphatic rings. The lowest BCUT2D eigenvalue weighted by atomic mass is 9.71. The van der Waals surface area contributed by atoms with Gasteiger partial charge in [0.25, 0.3) is 5.91 Å². The van der Waals surface area contributed by atoms with E-state index in [2.05, 4.69) is 123 Å². The third-order valence-electron chi connectivity index (χ3n) is 8.80. The first-order chi connectivity index (χ1) is 20.8. The van der Waals surface area contributed by atoms with Crippen LogP contribution in [-0.2, 0) is 19.6 Å². The van der Waals surface area contributed by atoms with Crippen LogP contribution in [0.15, 0.2) is 78.9 Å². The summed E-state index contributed by atoms with van der Waals surface area (Å²) in [7, 11) is 0. The number of rotatable bonds is 9. The smallest absolute Gasteiger partial charge is 0.251 e. The van der Waals surface area contributed by atoms with Gasteiger partial charge in [-0.1, -0.05) is 80.6 Å². The zero-order chi connectivity index (χ0) is 29.8. The van der Waals surface area contributed by atoms with Crippen LogP contribution in [0.25, 0.3) is 11.0 Å². The minimum Gasteiger partial charge on any atom is -0.345 e. The molecule has 6 rings (SSSR count). The number of amides is 1. The first kappa shape index (κ1) is 28.6. The van der Waals surface area contributed by atoms with Crippen molar-refractivity contribution in [2.24, 2.45) is 11.3 Å². The second kappa shape index (κ2) is 12.4. The molecule has 9 heteroatoms. The summed E-state index contributed by atoms with van der Waals surface area (Å²) in [5, 5.41) is 16.6. The first-order valence-electron chi connectivity index (χ1n) is 15.2. The van der Waals surface area contributed by atoms with Crippen LogP contribution in [0.2, 0.25) is 0 Å². The monoisotopic (exact) mass is 576 g/mol. The maximum absolute atomic E-state index is 12.8. The highest BCUT2D eigenvalue weighted by Gasteiger charge is 2.34. The van der Waals surface area contributed by atoms with Crippen LogP contribution >= 0.6 is 0 Å². The van der Waals surface area contributed by atoms with Gasteiger partial charge in [-0.3, -0.25) is 4.79 Å². The Kier molecular flexibility index (Phi) is 8.22. The van der Waals surface area contributed by atoms with Crippen molar-refractivity contribution in [2.75, 3.05) is 4.90 Å². The molecule has 0 unspecified atom stereocenters. The molecule has 2 N–H and O–H groups in total. The highest BCUT2D eigenvalue weighted by Crippen LogP contribution is 2.40. The Labute approximate surface area is 252 Å². The number of nitrogens with zero attached hydrogens (tertiary/aromatic N) is 6. The minimum absolute atomic E-state index is 0.168. The number of hydrogen-bond donors (Lipinski definition) is 2. The predicted molar refractivity (Wildman–Crippen MR) is 168 cm³/mol. The summed E-state index contributed by atoms with van der Waals surface area (Å²) < 4.78 is 2.38. The molecule has 2 heterocycles. The Morgan fingerprint density at radius 3 is 2.35 bits per heavy atom. The van der Waals surface area contributed by atoms with E-state index in [1.165, 1.54) is 18.4 Å². The lowest BCUT2D eigenvalue weighted by Gasteiger charge is -2.41. The Balaban J connectivity index is 1.29. The molecular weight excluding hydrogens is 536 g/mol. The van der Waals surface area contributed by atoms with Crippen molar-refractivity contribution in [1.82, 2.24) is 35.5 Å².